The van der Waals surface area contributed by atoms with Crippen LogP contribution in [0.25, 0.3) is 0 Å². The van der Waals surface area contributed by atoms with Crippen LogP contribution >= 0.6 is 0 Å². The number of amides is 1. The smallest absolute Gasteiger partial charge is 0.277 e. The molecule has 4 N–H and O–H groups in total. The molecular formula is C10H12N6O2. The Morgan fingerprint density at radius 1 is 1.50 bits per heavy atom. The highest BCUT2D eigenvalue weighted by Crippen LogP contribution is 2.02. The van der Waals surface area contributed by atoms with E-state index >= 15 is 0 Å². The molecule has 2 heterocycles. The maximum absolute atomic E-state index is 11.8. The Bertz CT molecular complexity index is 582. The van der Waals surface area contributed by atoms with Gasteiger partial charge < -0.3 is 15.6 Å². The molecule has 2 aromatic rings. The van der Waals surface area contributed by atoms with E-state index in [9.17, 15) is 9.59 Å². The first-order valence-electron chi connectivity index (χ1n) is 5.28. The van der Waals surface area contributed by atoms with Crippen LogP contribution in [0.3, 0.4) is 0 Å². The molecule has 8 heteroatoms. The van der Waals surface area contributed by atoms with E-state index < -0.39 is 5.91 Å². The van der Waals surface area contributed by atoms with Gasteiger partial charge in [-0.25, -0.2) is 10.1 Å². The lowest BCUT2D eigenvalue weighted by molar-refractivity contribution is 0.102. The highest BCUT2D eigenvalue weighted by atomic mass is 16.2. The van der Waals surface area contributed by atoms with Crippen molar-refractivity contribution >= 4 is 11.7 Å². The Labute approximate surface area is 102 Å². The van der Waals surface area contributed by atoms with Gasteiger partial charge in [0.1, 0.15) is 5.69 Å². The number of imidazole rings is 1. The van der Waals surface area contributed by atoms with Crippen LogP contribution in [0, 0.1) is 0 Å². The number of hydrogen-bond donors (Lipinski definition) is 3. The Morgan fingerprint density at radius 2 is 2.33 bits per heavy atom. The first-order valence-corrected chi connectivity index (χ1v) is 5.28. The van der Waals surface area contributed by atoms with Crippen molar-refractivity contribution in [3.05, 3.63) is 40.7 Å². The second kappa shape index (κ2) is 5.23. The minimum atomic E-state index is -0.398. The third-order valence-electron chi connectivity index (χ3n) is 2.17. The lowest BCUT2D eigenvalue weighted by Crippen LogP contribution is -2.16. The fourth-order valence-electron chi connectivity index (χ4n) is 1.34. The van der Waals surface area contributed by atoms with E-state index in [0.717, 1.165) is 0 Å². The van der Waals surface area contributed by atoms with Crippen LogP contribution in [0.4, 0.5) is 5.82 Å². The van der Waals surface area contributed by atoms with Crippen LogP contribution in [0.15, 0.2) is 29.5 Å². The van der Waals surface area contributed by atoms with Crippen LogP contribution in [-0.4, -0.2) is 32.2 Å². The molecule has 2 aromatic heterocycles. The van der Waals surface area contributed by atoms with Crippen molar-refractivity contribution in [3.63, 3.8) is 0 Å². The number of carbonyl (C=O) groups is 1. The van der Waals surface area contributed by atoms with E-state index in [1.54, 1.807) is 10.8 Å². The number of rotatable bonds is 4. The number of aromatic amines is 1. The van der Waals surface area contributed by atoms with Crippen molar-refractivity contribution in [3.8, 4) is 0 Å². The molecule has 0 spiro atoms. The number of H-pyrrole nitrogens is 1. The van der Waals surface area contributed by atoms with Gasteiger partial charge in [-0.1, -0.05) is 0 Å². The van der Waals surface area contributed by atoms with Crippen LogP contribution in [0.1, 0.15) is 10.5 Å². The van der Waals surface area contributed by atoms with Crippen LogP contribution in [0.5, 0.6) is 0 Å². The zero-order chi connectivity index (χ0) is 13.0. The lowest BCUT2D eigenvalue weighted by Gasteiger charge is -2.00. The Kier molecular flexibility index (Phi) is 3.49. The molecule has 0 aliphatic heterocycles. The van der Waals surface area contributed by atoms with Gasteiger partial charge in [0.05, 0.1) is 6.33 Å². The maximum atomic E-state index is 11.8. The number of nitrogens with one attached hydrogen (secondary N) is 2. The van der Waals surface area contributed by atoms with Gasteiger partial charge in [0.15, 0.2) is 5.82 Å². The van der Waals surface area contributed by atoms with Crippen molar-refractivity contribution in [1.29, 1.82) is 0 Å². The molecule has 0 radical (unpaired) electrons. The van der Waals surface area contributed by atoms with Gasteiger partial charge >= 0.3 is 0 Å². The zero-order valence-corrected chi connectivity index (χ0v) is 9.46. The number of nitrogens with zero attached hydrogens (tertiary/aromatic N) is 3. The summed E-state index contributed by atoms with van der Waals surface area (Å²) >= 11 is 0. The molecule has 94 valence electrons. The molecule has 18 heavy (non-hydrogen) atoms. The van der Waals surface area contributed by atoms with Crippen LogP contribution in [0.2, 0.25) is 0 Å². The molecule has 8 nitrogen and oxygen atoms in total. The average molecular weight is 248 g/mol. The van der Waals surface area contributed by atoms with Gasteiger partial charge in [0, 0.05) is 25.4 Å². The third kappa shape index (κ3) is 2.80. The van der Waals surface area contributed by atoms with Crippen molar-refractivity contribution in [2.24, 2.45) is 5.73 Å². The van der Waals surface area contributed by atoms with Crippen molar-refractivity contribution in [1.82, 2.24) is 19.7 Å². The van der Waals surface area contributed by atoms with E-state index in [1.165, 1.54) is 18.5 Å². The average Bonchev–Trinajstić information content (AvgIpc) is 2.81. The molecule has 0 aromatic carbocycles. The Hall–Kier alpha value is -2.48. The van der Waals surface area contributed by atoms with Gasteiger partial charge in [-0.15, -0.1) is 0 Å². The maximum Gasteiger partial charge on any atom is 0.277 e. The first-order chi connectivity index (χ1) is 8.69. The largest absolute Gasteiger partial charge is 0.335 e. The van der Waals surface area contributed by atoms with Gasteiger partial charge in [-0.05, 0) is 6.07 Å². The predicted octanol–water partition coefficient (Wildman–Crippen LogP) is -0.823. The van der Waals surface area contributed by atoms with E-state index in [1.807, 2.05) is 0 Å². The van der Waals surface area contributed by atoms with Gasteiger partial charge in [0.2, 0.25) is 0 Å². The summed E-state index contributed by atoms with van der Waals surface area (Å²) < 4.78 is 1.72. The molecular weight excluding hydrogens is 236 g/mol. The van der Waals surface area contributed by atoms with Gasteiger partial charge in [-0.2, -0.15) is 5.10 Å². The molecule has 0 bridgehead atoms. The van der Waals surface area contributed by atoms with Crippen molar-refractivity contribution in [2.75, 3.05) is 11.9 Å². The normalized spacial score (nSPS) is 10.3. The molecule has 0 aliphatic carbocycles. The van der Waals surface area contributed by atoms with E-state index in [2.05, 4.69) is 20.5 Å². The van der Waals surface area contributed by atoms with E-state index in [0.29, 0.717) is 13.1 Å². The summed E-state index contributed by atoms with van der Waals surface area (Å²) in [7, 11) is 0. The molecule has 0 aliphatic rings. The number of carbonyl (C=O) groups excluding carboxylic acids is 1. The quantitative estimate of drug-likeness (QED) is 0.653. The highest BCUT2D eigenvalue weighted by molar-refractivity contribution is 6.02. The highest BCUT2D eigenvalue weighted by Gasteiger charge is 2.10. The summed E-state index contributed by atoms with van der Waals surface area (Å²) in [6.07, 6.45) is 3.12. The number of anilines is 1. The number of hydrogen-bond acceptors (Lipinski definition) is 5. The zero-order valence-electron chi connectivity index (χ0n) is 9.46. The number of nitrogens with two attached hydrogens (primary N) is 1. The van der Waals surface area contributed by atoms with E-state index in [-0.39, 0.29) is 17.1 Å². The molecule has 2 rings (SSSR count). The van der Waals surface area contributed by atoms with E-state index in [4.69, 9.17) is 5.73 Å². The molecule has 0 saturated heterocycles. The van der Waals surface area contributed by atoms with Crippen molar-refractivity contribution < 1.29 is 4.79 Å². The monoisotopic (exact) mass is 248 g/mol. The van der Waals surface area contributed by atoms with Gasteiger partial charge in [0.25, 0.3) is 11.5 Å². The molecule has 0 unspecified atom stereocenters. The molecule has 1 amide bonds. The lowest BCUT2D eigenvalue weighted by atomic mass is 10.4. The topological polar surface area (TPSA) is 119 Å². The standard InChI is InChI=1S/C10H12N6O2/c11-3-4-16-5-7(12-6-16)10(18)13-8-1-2-9(17)15-14-8/h1-2,5-6H,3-4,11H2,(H,15,17)(H,13,14,18). The summed E-state index contributed by atoms with van der Waals surface area (Å²) in [5.41, 5.74) is 5.32. The third-order valence-corrected chi connectivity index (χ3v) is 2.17. The fourth-order valence-corrected chi connectivity index (χ4v) is 1.34. The summed E-state index contributed by atoms with van der Waals surface area (Å²) in [5, 5.41) is 8.40. The predicted molar refractivity (Wildman–Crippen MR) is 64.1 cm³/mol. The Balaban J connectivity index is 2.06. The fraction of sp³-hybridized carbons (Fsp3) is 0.200. The van der Waals surface area contributed by atoms with Crippen LogP contribution < -0.4 is 16.6 Å². The second-order valence-electron chi connectivity index (χ2n) is 3.55. The van der Waals surface area contributed by atoms with Crippen LogP contribution in [-0.2, 0) is 6.54 Å². The summed E-state index contributed by atoms with van der Waals surface area (Å²) in [6.45, 7) is 1.07. The Morgan fingerprint density at radius 3 is 3.00 bits per heavy atom. The summed E-state index contributed by atoms with van der Waals surface area (Å²) in [6, 6.07) is 2.68. The van der Waals surface area contributed by atoms with Crippen molar-refractivity contribution in [2.45, 2.75) is 6.54 Å². The molecule has 0 saturated carbocycles. The minimum Gasteiger partial charge on any atom is -0.335 e. The number of aromatic nitrogens is 4. The first kappa shape index (κ1) is 12.0. The SMILES string of the molecule is NCCn1cnc(C(=O)Nc2ccc(=O)[nH]n2)c1. The molecule has 0 fully saturated rings. The molecule has 0 atom stereocenters. The summed E-state index contributed by atoms with van der Waals surface area (Å²) in [4.78, 5) is 26.5. The van der Waals surface area contributed by atoms with Gasteiger partial charge in [-0.3, -0.25) is 9.59 Å². The summed E-state index contributed by atoms with van der Waals surface area (Å²) in [5.74, 6) is -0.140. The minimum absolute atomic E-state index is 0.257. The second-order valence-corrected chi connectivity index (χ2v) is 3.55.